The summed E-state index contributed by atoms with van der Waals surface area (Å²) in [7, 11) is 0. The summed E-state index contributed by atoms with van der Waals surface area (Å²) in [5, 5.41) is 28.1. The highest BCUT2D eigenvalue weighted by Gasteiger charge is 2.53. The number of likely N-dealkylation sites (N-methyl/N-ethyl adjacent to an activating group) is 1. The molecule has 4 N–H and O–H groups in total. The van der Waals surface area contributed by atoms with E-state index in [9.17, 15) is 43.1 Å². The van der Waals surface area contributed by atoms with Gasteiger partial charge in [0.25, 0.3) is 11.8 Å². The number of nitrogens with zero attached hydrogens (tertiary/aromatic N) is 8. The molecule has 3 aromatic rings. The van der Waals surface area contributed by atoms with Crippen LogP contribution in [0.2, 0.25) is 0 Å². The van der Waals surface area contributed by atoms with Gasteiger partial charge in [-0.1, -0.05) is 31.2 Å². The Kier molecular flexibility index (Phi) is 14.3. The van der Waals surface area contributed by atoms with Crippen LogP contribution in [-0.2, 0) is 25.7 Å². The number of para-hydroxylation sites is 1. The molecule has 4 saturated heterocycles. The van der Waals surface area contributed by atoms with Crippen LogP contribution in [0.4, 0.5) is 20.2 Å². The predicted molar refractivity (Wildman–Crippen MR) is 237 cm³/mol. The SMILES string of the molecule is CCN1CCN(CC(=O)O)CCN(Cc2ccc(NC(=S)N3CC4(CN(C(=O)CCC(=O)Nc5cccc6c(C(=O)NCC(=O)N7CC(F)(F)CC7C#N)ccnc56)C4)C3)cc2)CC1. The smallest absolute Gasteiger partial charge is 0.317 e. The number of aliphatic carboxylic acids is 1. The second kappa shape index (κ2) is 19.9. The number of anilines is 2. The Bertz CT molecular complexity index is 2300. The van der Waals surface area contributed by atoms with Crippen molar-refractivity contribution < 1.29 is 37.9 Å². The Balaban J connectivity index is 0.822. The third-order valence-electron chi connectivity index (χ3n) is 12.4. The Morgan fingerprint density at radius 3 is 2.20 bits per heavy atom. The van der Waals surface area contributed by atoms with Gasteiger partial charge in [-0.2, -0.15) is 5.26 Å². The highest BCUT2D eigenvalue weighted by Crippen LogP contribution is 2.40. The van der Waals surface area contributed by atoms with E-state index in [1.807, 2.05) is 17.0 Å². The number of carbonyl (C=O) groups excluding carboxylic acids is 4. The monoisotopic (exact) mass is 901 g/mol. The average Bonchev–Trinajstić information content (AvgIpc) is 3.60. The van der Waals surface area contributed by atoms with Crippen LogP contribution in [0, 0.1) is 16.7 Å². The molecule has 1 atom stereocenters. The molecule has 1 unspecified atom stereocenters. The molecule has 1 spiro atoms. The number of likely N-dealkylation sites (tertiary alicyclic amines) is 3. The standard InChI is InChI=1S/C44H53F2N11O6S/c1-2-52-14-16-53(18-19-54(17-15-52)24-39(61)62)23-30-6-8-31(9-7-30)50-42(64)56-27-43(28-56)25-55(26-43)37(59)11-10-36(58)51-35-5-3-4-33-34(12-13-48-40(33)35)41(63)49-22-38(60)57-29-44(45,46)20-32(57)21-47/h3-9,12-13,32H,2,10-11,14-20,22-29H2,1H3,(H,49,63)(H,50,64)(H,51,58)(H,61,62). The number of pyridine rings is 1. The molecule has 0 radical (unpaired) electrons. The van der Waals surface area contributed by atoms with E-state index in [2.05, 4.69) is 54.7 Å². The summed E-state index contributed by atoms with van der Waals surface area (Å²) in [5.41, 5.74) is 2.77. The second-order valence-corrected chi connectivity index (χ2v) is 17.5. The lowest BCUT2D eigenvalue weighted by Crippen LogP contribution is -2.74. The Morgan fingerprint density at radius 1 is 0.859 bits per heavy atom. The molecule has 17 nitrogen and oxygen atoms in total. The molecular weight excluding hydrogens is 849 g/mol. The zero-order valence-electron chi connectivity index (χ0n) is 35.7. The maximum Gasteiger partial charge on any atom is 0.317 e. The van der Waals surface area contributed by atoms with Gasteiger partial charge in [0, 0.05) is 114 Å². The van der Waals surface area contributed by atoms with E-state index in [-0.39, 0.29) is 36.3 Å². The summed E-state index contributed by atoms with van der Waals surface area (Å²) in [4.78, 5) is 78.9. The highest BCUT2D eigenvalue weighted by atomic mass is 32.1. The minimum atomic E-state index is -3.18. The van der Waals surface area contributed by atoms with Crippen LogP contribution in [-0.4, -0.2) is 178 Å². The number of hydrogen-bond acceptors (Lipinski definition) is 11. The van der Waals surface area contributed by atoms with Gasteiger partial charge in [-0.3, -0.25) is 38.8 Å². The maximum absolute atomic E-state index is 13.8. The van der Waals surface area contributed by atoms with Gasteiger partial charge in [0.2, 0.25) is 17.7 Å². The molecule has 4 aliphatic rings. The summed E-state index contributed by atoms with van der Waals surface area (Å²) in [6.45, 7) is 9.91. The largest absolute Gasteiger partial charge is 0.480 e. The molecule has 1 aromatic heterocycles. The number of carboxylic acid groups (broad SMARTS) is 1. The van der Waals surface area contributed by atoms with Crippen molar-refractivity contribution in [1.82, 2.24) is 39.7 Å². The number of nitriles is 1. The van der Waals surface area contributed by atoms with Crippen molar-refractivity contribution in [2.75, 3.05) is 102 Å². The Labute approximate surface area is 375 Å². The molecule has 4 fully saturated rings. The van der Waals surface area contributed by atoms with Crippen molar-refractivity contribution in [3.05, 3.63) is 65.9 Å². The molecule has 5 heterocycles. The van der Waals surface area contributed by atoms with Crippen LogP contribution >= 0.6 is 12.2 Å². The number of rotatable bonds is 13. The van der Waals surface area contributed by atoms with Gasteiger partial charge in [-0.25, -0.2) is 8.78 Å². The van der Waals surface area contributed by atoms with Crippen LogP contribution in [0.1, 0.15) is 42.1 Å². The number of amides is 4. The first-order chi connectivity index (χ1) is 30.6. The summed E-state index contributed by atoms with van der Waals surface area (Å²) in [5.74, 6) is -5.99. The lowest BCUT2D eigenvalue weighted by Gasteiger charge is -2.60. The zero-order chi connectivity index (χ0) is 45.6. The van der Waals surface area contributed by atoms with E-state index >= 15 is 0 Å². The molecule has 0 bridgehead atoms. The average molecular weight is 902 g/mol. The fourth-order valence-corrected chi connectivity index (χ4v) is 9.07. The number of nitrogens with one attached hydrogen (secondary N) is 3. The first kappa shape index (κ1) is 46.1. The summed E-state index contributed by atoms with van der Waals surface area (Å²) in [6.07, 6.45) is 0.551. The van der Waals surface area contributed by atoms with Crippen LogP contribution in [0.15, 0.2) is 54.7 Å². The highest BCUT2D eigenvalue weighted by molar-refractivity contribution is 7.80. The quantitative estimate of drug-likeness (QED) is 0.183. The number of halogens is 2. The molecule has 20 heteroatoms. The van der Waals surface area contributed by atoms with E-state index in [1.165, 1.54) is 12.3 Å². The predicted octanol–water partition coefficient (Wildman–Crippen LogP) is 2.51. The van der Waals surface area contributed by atoms with Crippen molar-refractivity contribution in [2.45, 2.75) is 44.7 Å². The topological polar surface area (TPSA) is 198 Å². The third-order valence-corrected chi connectivity index (χ3v) is 12.7. The molecule has 4 amide bonds. The normalized spacial score (nSPS) is 20.0. The minimum Gasteiger partial charge on any atom is -0.480 e. The first-order valence-corrected chi connectivity index (χ1v) is 21.9. The number of benzene rings is 2. The van der Waals surface area contributed by atoms with Crippen molar-refractivity contribution >= 4 is 69.2 Å². The number of carbonyl (C=O) groups is 5. The molecule has 4 aliphatic heterocycles. The van der Waals surface area contributed by atoms with Gasteiger partial charge in [0.15, 0.2) is 5.11 Å². The second-order valence-electron chi connectivity index (χ2n) is 17.1. The maximum atomic E-state index is 13.8. The van der Waals surface area contributed by atoms with Gasteiger partial charge in [0.1, 0.15) is 6.04 Å². The van der Waals surface area contributed by atoms with Gasteiger partial charge in [0.05, 0.1) is 42.5 Å². The molecule has 0 aliphatic carbocycles. The number of aromatic nitrogens is 1. The van der Waals surface area contributed by atoms with Crippen molar-refractivity contribution in [2.24, 2.45) is 5.41 Å². The number of carboxylic acids is 1. The summed E-state index contributed by atoms with van der Waals surface area (Å²) < 4.78 is 27.6. The Morgan fingerprint density at radius 2 is 1.53 bits per heavy atom. The lowest BCUT2D eigenvalue weighted by molar-refractivity contribution is -0.153. The lowest BCUT2D eigenvalue weighted by atomic mass is 9.73. The van der Waals surface area contributed by atoms with Gasteiger partial charge < -0.3 is 40.7 Å². The fourth-order valence-electron chi connectivity index (χ4n) is 8.82. The van der Waals surface area contributed by atoms with E-state index in [0.717, 1.165) is 62.0 Å². The Hall–Kier alpha value is -5.88. The van der Waals surface area contributed by atoms with E-state index in [1.54, 1.807) is 29.2 Å². The molecule has 7 rings (SSSR count). The van der Waals surface area contributed by atoms with Gasteiger partial charge in [-0.15, -0.1) is 0 Å². The van der Waals surface area contributed by atoms with Crippen molar-refractivity contribution in [1.29, 1.82) is 5.26 Å². The van der Waals surface area contributed by atoms with Crippen LogP contribution in [0.25, 0.3) is 10.9 Å². The van der Waals surface area contributed by atoms with Gasteiger partial charge in [-0.05, 0) is 48.6 Å². The van der Waals surface area contributed by atoms with Crippen molar-refractivity contribution in [3.63, 3.8) is 0 Å². The number of fused-ring (bicyclic) bond motifs is 1. The molecular formula is C44H53F2N11O6S. The first-order valence-electron chi connectivity index (χ1n) is 21.5. The number of thiocarbonyl (C=S) groups is 1. The van der Waals surface area contributed by atoms with Crippen LogP contribution in [0.5, 0.6) is 0 Å². The van der Waals surface area contributed by atoms with E-state index in [0.29, 0.717) is 54.4 Å². The molecule has 64 heavy (non-hydrogen) atoms. The van der Waals surface area contributed by atoms with Gasteiger partial charge >= 0.3 is 5.97 Å². The third kappa shape index (κ3) is 11.2. The summed E-state index contributed by atoms with van der Waals surface area (Å²) >= 11 is 5.72. The van der Waals surface area contributed by atoms with E-state index in [4.69, 9.17) is 12.2 Å². The fraction of sp³-hybridized carbons (Fsp3) is 0.500. The number of hydrogen-bond donors (Lipinski definition) is 4. The van der Waals surface area contributed by atoms with Crippen LogP contribution in [0.3, 0.4) is 0 Å². The van der Waals surface area contributed by atoms with E-state index < -0.39 is 55.2 Å². The molecule has 0 saturated carbocycles. The molecule has 2 aromatic carbocycles. The van der Waals surface area contributed by atoms with Crippen LogP contribution < -0.4 is 16.0 Å². The summed E-state index contributed by atoms with van der Waals surface area (Å²) in [6, 6.07) is 14.9. The number of alkyl halides is 2. The van der Waals surface area contributed by atoms with Crippen molar-refractivity contribution in [3.8, 4) is 6.07 Å². The minimum absolute atomic E-state index is 0.00912. The zero-order valence-corrected chi connectivity index (χ0v) is 36.5. The molecule has 340 valence electrons.